The summed E-state index contributed by atoms with van der Waals surface area (Å²) in [4.78, 5) is 0.830. The molecular weight excluding hydrogens is 235 g/mol. The van der Waals surface area contributed by atoms with E-state index in [-0.39, 0.29) is 6.92 Å². The molecule has 0 bridgehead atoms. The third-order valence-electron chi connectivity index (χ3n) is 0.980. The summed E-state index contributed by atoms with van der Waals surface area (Å²) >= 11 is 9.68. The molecule has 1 rings (SSSR count). The van der Waals surface area contributed by atoms with Crippen molar-refractivity contribution in [3.63, 3.8) is 0 Å². The summed E-state index contributed by atoms with van der Waals surface area (Å²) in [5.74, 6) is 0. The van der Waals surface area contributed by atoms with Crippen LogP contribution in [-0.2, 0) is 0 Å². The predicted octanol–water partition coefficient (Wildman–Crippen LogP) is 3.78. The number of thiol groups is 1. The van der Waals surface area contributed by atoms with E-state index in [1.165, 1.54) is 0 Å². The number of nitrogen functional groups attached to an aromatic ring is 1. The van der Waals surface area contributed by atoms with Gasteiger partial charge in [0, 0.05) is 11.8 Å². The lowest BCUT2D eigenvalue weighted by Crippen LogP contribution is -1.95. The standard InChI is InChI=1S/C6H6ClNS.C2H3F3/c7-5-2-1-4(9)3-6(5)8;1-2(3,4)5/h1-3,9H,8H2;1H3. The Morgan fingerprint density at radius 3 is 2.07 bits per heavy atom. The van der Waals surface area contributed by atoms with Crippen molar-refractivity contribution in [2.45, 2.75) is 18.0 Å². The van der Waals surface area contributed by atoms with Gasteiger partial charge < -0.3 is 5.73 Å². The number of alkyl halides is 3. The van der Waals surface area contributed by atoms with Crippen molar-refractivity contribution < 1.29 is 13.2 Å². The van der Waals surface area contributed by atoms with Crippen LogP contribution in [0, 0.1) is 0 Å². The molecule has 0 aliphatic rings. The van der Waals surface area contributed by atoms with Crippen molar-refractivity contribution in [1.29, 1.82) is 0 Å². The zero-order valence-electron chi connectivity index (χ0n) is 7.27. The first-order chi connectivity index (χ1) is 6.20. The average Bonchev–Trinajstić information content (AvgIpc) is 1.94. The van der Waals surface area contributed by atoms with E-state index in [2.05, 4.69) is 12.6 Å². The maximum Gasteiger partial charge on any atom is 0.386 e. The quantitative estimate of drug-likeness (QED) is 0.526. The number of rotatable bonds is 0. The molecule has 0 amide bonds. The predicted molar refractivity (Wildman–Crippen MR) is 54.8 cm³/mol. The topological polar surface area (TPSA) is 26.0 Å². The van der Waals surface area contributed by atoms with Crippen LogP contribution < -0.4 is 5.73 Å². The number of halogens is 4. The summed E-state index contributed by atoms with van der Waals surface area (Å²) in [6.45, 7) is 0.188. The lowest BCUT2D eigenvalue weighted by molar-refractivity contribution is -0.110. The number of hydrogen-bond acceptors (Lipinski definition) is 2. The average molecular weight is 244 g/mol. The lowest BCUT2D eigenvalue weighted by atomic mass is 10.3. The monoisotopic (exact) mass is 243 g/mol. The molecule has 0 atom stereocenters. The van der Waals surface area contributed by atoms with Crippen LogP contribution in [0.4, 0.5) is 18.9 Å². The van der Waals surface area contributed by atoms with E-state index < -0.39 is 6.18 Å². The van der Waals surface area contributed by atoms with E-state index in [0.29, 0.717) is 10.7 Å². The SMILES string of the molecule is CC(F)(F)F.Nc1cc(S)ccc1Cl. The third kappa shape index (κ3) is 8.07. The highest BCUT2D eigenvalue weighted by atomic mass is 35.5. The minimum atomic E-state index is -4.00. The van der Waals surface area contributed by atoms with Crippen LogP contribution in [0.3, 0.4) is 0 Å². The molecular formula is C8H9ClF3NS. The molecule has 0 heterocycles. The summed E-state index contributed by atoms with van der Waals surface area (Å²) in [5.41, 5.74) is 6.01. The molecule has 0 radical (unpaired) electrons. The van der Waals surface area contributed by atoms with Gasteiger partial charge in [0.1, 0.15) is 0 Å². The van der Waals surface area contributed by atoms with Gasteiger partial charge >= 0.3 is 6.18 Å². The fourth-order valence-corrected chi connectivity index (χ4v) is 0.862. The Labute approximate surface area is 90.5 Å². The van der Waals surface area contributed by atoms with Crippen molar-refractivity contribution in [3.8, 4) is 0 Å². The van der Waals surface area contributed by atoms with Gasteiger partial charge in [-0.05, 0) is 18.2 Å². The molecule has 14 heavy (non-hydrogen) atoms. The van der Waals surface area contributed by atoms with Crippen LogP contribution in [0.2, 0.25) is 5.02 Å². The first-order valence-electron chi connectivity index (χ1n) is 3.51. The van der Waals surface area contributed by atoms with Crippen molar-refractivity contribution in [2.75, 3.05) is 5.73 Å². The van der Waals surface area contributed by atoms with Gasteiger partial charge in [-0.1, -0.05) is 11.6 Å². The van der Waals surface area contributed by atoms with Crippen LogP contribution in [0.25, 0.3) is 0 Å². The number of nitrogens with two attached hydrogens (primary N) is 1. The summed E-state index contributed by atoms with van der Waals surface area (Å²) in [7, 11) is 0. The van der Waals surface area contributed by atoms with Crippen molar-refractivity contribution in [1.82, 2.24) is 0 Å². The Morgan fingerprint density at radius 2 is 1.79 bits per heavy atom. The highest BCUT2D eigenvalue weighted by Gasteiger charge is 2.15. The van der Waals surface area contributed by atoms with Gasteiger partial charge in [-0.25, -0.2) is 0 Å². The maximum absolute atomic E-state index is 10.4. The zero-order valence-corrected chi connectivity index (χ0v) is 8.92. The van der Waals surface area contributed by atoms with Gasteiger partial charge in [0.25, 0.3) is 0 Å². The number of anilines is 1. The zero-order chi connectivity index (χ0) is 11.4. The van der Waals surface area contributed by atoms with Gasteiger partial charge in [0.05, 0.1) is 10.7 Å². The summed E-state index contributed by atoms with van der Waals surface area (Å²) in [5, 5.41) is 0.577. The second-order valence-corrected chi connectivity index (χ2v) is 3.41. The molecule has 1 aromatic carbocycles. The normalized spacial score (nSPS) is 10.4. The smallest absolute Gasteiger partial charge is 0.386 e. The van der Waals surface area contributed by atoms with Crippen LogP contribution >= 0.6 is 24.2 Å². The first-order valence-corrected chi connectivity index (χ1v) is 4.33. The second-order valence-electron chi connectivity index (χ2n) is 2.49. The Morgan fingerprint density at radius 1 is 1.36 bits per heavy atom. The summed E-state index contributed by atoms with van der Waals surface area (Å²) in [6.07, 6.45) is -4.00. The first kappa shape index (κ1) is 13.4. The Kier molecular flexibility index (Phi) is 5.15. The van der Waals surface area contributed by atoms with Gasteiger partial charge in [-0.15, -0.1) is 12.6 Å². The molecule has 0 fully saturated rings. The van der Waals surface area contributed by atoms with Crippen molar-refractivity contribution in [2.24, 2.45) is 0 Å². The van der Waals surface area contributed by atoms with E-state index in [4.69, 9.17) is 17.3 Å². The minimum absolute atomic E-state index is 0.188. The maximum atomic E-state index is 10.4. The van der Waals surface area contributed by atoms with Gasteiger partial charge in [0.2, 0.25) is 0 Å². The highest BCUT2D eigenvalue weighted by Crippen LogP contribution is 2.20. The van der Waals surface area contributed by atoms with Crippen molar-refractivity contribution in [3.05, 3.63) is 23.2 Å². The number of benzene rings is 1. The highest BCUT2D eigenvalue weighted by molar-refractivity contribution is 7.80. The lowest BCUT2D eigenvalue weighted by Gasteiger charge is -1.95. The van der Waals surface area contributed by atoms with E-state index in [1.807, 2.05) is 0 Å². The molecule has 0 saturated carbocycles. The van der Waals surface area contributed by atoms with E-state index in [1.54, 1.807) is 18.2 Å². The fourth-order valence-electron chi connectivity index (χ4n) is 0.531. The van der Waals surface area contributed by atoms with Gasteiger partial charge in [-0.3, -0.25) is 0 Å². The van der Waals surface area contributed by atoms with E-state index in [9.17, 15) is 13.2 Å². The summed E-state index contributed by atoms with van der Waals surface area (Å²) in [6, 6.07) is 5.23. The van der Waals surface area contributed by atoms with Crippen LogP contribution in [0.1, 0.15) is 6.92 Å². The van der Waals surface area contributed by atoms with Crippen molar-refractivity contribution >= 4 is 29.9 Å². The number of hydrogen-bond donors (Lipinski definition) is 2. The molecule has 2 N–H and O–H groups in total. The van der Waals surface area contributed by atoms with Gasteiger partial charge in [-0.2, -0.15) is 13.2 Å². The largest absolute Gasteiger partial charge is 0.397 e. The molecule has 1 aromatic rings. The Bertz CT molecular complexity index is 295. The molecule has 0 aromatic heterocycles. The second kappa shape index (κ2) is 5.36. The molecule has 1 nitrogen and oxygen atoms in total. The summed E-state index contributed by atoms with van der Waals surface area (Å²) < 4.78 is 31.1. The van der Waals surface area contributed by atoms with Crippen LogP contribution in [0.15, 0.2) is 23.1 Å². The van der Waals surface area contributed by atoms with Gasteiger partial charge in [0.15, 0.2) is 0 Å². The molecule has 0 aliphatic heterocycles. The molecule has 0 saturated heterocycles. The fraction of sp³-hybridized carbons (Fsp3) is 0.250. The van der Waals surface area contributed by atoms with E-state index in [0.717, 1.165) is 4.90 Å². The Balaban J connectivity index is 0.000000292. The van der Waals surface area contributed by atoms with Crippen LogP contribution in [0.5, 0.6) is 0 Å². The molecule has 6 heteroatoms. The molecule has 0 unspecified atom stereocenters. The third-order valence-corrected chi connectivity index (χ3v) is 1.60. The van der Waals surface area contributed by atoms with Crippen LogP contribution in [-0.4, -0.2) is 6.18 Å². The molecule has 80 valence electrons. The minimum Gasteiger partial charge on any atom is -0.397 e. The van der Waals surface area contributed by atoms with E-state index >= 15 is 0 Å². The Hall–Kier alpha value is -0.550. The molecule has 0 aliphatic carbocycles. The molecule has 0 spiro atoms.